The largest absolute Gasteiger partial charge is 0.347 e. The summed E-state index contributed by atoms with van der Waals surface area (Å²) in [5.41, 5.74) is 2.79. The van der Waals surface area contributed by atoms with E-state index in [1.54, 1.807) is 0 Å². The third-order valence-electron chi connectivity index (χ3n) is 1.75. The van der Waals surface area contributed by atoms with Crippen molar-refractivity contribution in [1.29, 1.82) is 0 Å². The van der Waals surface area contributed by atoms with Gasteiger partial charge in [-0.15, -0.1) is 0 Å². The van der Waals surface area contributed by atoms with E-state index in [4.69, 9.17) is 4.84 Å². The molecule has 2 N–H and O–H groups in total. The molecule has 0 aromatic rings. The quantitative estimate of drug-likeness (QED) is 0.572. The smallest absolute Gasteiger partial charge is 0.243 e. The molecule has 1 fully saturated rings. The lowest BCUT2D eigenvalue weighted by atomic mass is 10.2. The van der Waals surface area contributed by atoms with Crippen LogP contribution in [0, 0.1) is 0 Å². The van der Waals surface area contributed by atoms with Crippen LogP contribution in [-0.4, -0.2) is 25.1 Å². The van der Waals surface area contributed by atoms with Gasteiger partial charge >= 0.3 is 0 Å². The number of carbonyl (C=O) groups is 1. The maximum atomic E-state index is 10.9. The van der Waals surface area contributed by atoms with Gasteiger partial charge in [-0.25, -0.2) is 5.48 Å². The second-order valence-electron chi connectivity index (χ2n) is 2.76. The summed E-state index contributed by atoms with van der Waals surface area (Å²) in [5, 5.41) is 2.79. The van der Waals surface area contributed by atoms with E-state index in [1.165, 1.54) is 6.08 Å². The Balaban J connectivity index is 2.29. The minimum absolute atomic E-state index is 0.116. The minimum Gasteiger partial charge on any atom is -0.347 e. The van der Waals surface area contributed by atoms with Gasteiger partial charge in [0.2, 0.25) is 5.91 Å². The topological polar surface area (TPSA) is 50.4 Å². The number of hydrogen-bond donors (Lipinski definition) is 2. The molecule has 1 aliphatic heterocycles. The molecule has 0 aliphatic carbocycles. The van der Waals surface area contributed by atoms with E-state index in [9.17, 15) is 4.79 Å². The molecule has 0 saturated carbocycles. The van der Waals surface area contributed by atoms with Crippen molar-refractivity contribution >= 4 is 5.91 Å². The fourth-order valence-electron chi connectivity index (χ4n) is 1.11. The number of carbonyl (C=O) groups excluding carboxylic acids is 1. The molecule has 68 valence electrons. The number of amides is 1. The van der Waals surface area contributed by atoms with Crippen LogP contribution in [0.3, 0.4) is 0 Å². The monoisotopic (exact) mass is 170 g/mol. The van der Waals surface area contributed by atoms with Crippen molar-refractivity contribution in [2.45, 2.75) is 18.9 Å². The summed E-state index contributed by atoms with van der Waals surface area (Å²) in [6.45, 7) is 4.76. The van der Waals surface area contributed by atoms with E-state index in [0.29, 0.717) is 6.61 Å². The normalized spacial score (nSPS) is 24.2. The summed E-state index contributed by atoms with van der Waals surface area (Å²) < 4.78 is 0. The maximum Gasteiger partial charge on any atom is 0.243 e. The molecule has 4 heteroatoms. The first kappa shape index (κ1) is 9.22. The standard InChI is InChI=1S/C8H14N2O2/c1-2-8(11)10-7-4-3-5-9-12-6-7/h2,7,9H,1,3-6H2,(H,10,11). The SMILES string of the molecule is C=CC(=O)NC1CCCNOC1. The second kappa shape index (κ2) is 4.90. The number of hydroxylamine groups is 1. The molecule has 1 atom stereocenters. The van der Waals surface area contributed by atoms with Gasteiger partial charge < -0.3 is 5.32 Å². The Morgan fingerprint density at radius 2 is 2.58 bits per heavy atom. The maximum absolute atomic E-state index is 10.9. The van der Waals surface area contributed by atoms with Crippen LogP contribution in [0.1, 0.15) is 12.8 Å². The Labute approximate surface area is 71.9 Å². The van der Waals surface area contributed by atoms with Crippen LogP contribution in [0.25, 0.3) is 0 Å². The van der Waals surface area contributed by atoms with Crippen LogP contribution >= 0.6 is 0 Å². The van der Waals surface area contributed by atoms with Gasteiger partial charge in [0.15, 0.2) is 0 Å². The van der Waals surface area contributed by atoms with Crippen molar-refractivity contribution < 1.29 is 9.63 Å². The van der Waals surface area contributed by atoms with Crippen LogP contribution < -0.4 is 10.8 Å². The summed E-state index contributed by atoms with van der Waals surface area (Å²) in [4.78, 5) is 15.9. The Bertz CT molecular complexity index is 162. The highest BCUT2D eigenvalue weighted by Gasteiger charge is 2.12. The molecule has 1 aliphatic rings. The van der Waals surface area contributed by atoms with Gasteiger partial charge in [0.05, 0.1) is 12.6 Å². The third kappa shape index (κ3) is 3.02. The summed E-state index contributed by atoms with van der Waals surface area (Å²) >= 11 is 0. The Kier molecular flexibility index (Phi) is 3.76. The van der Waals surface area contributed by atoms with E-state index in [0.717, 1.165) is 19.4 Å². The van der Waals surface area contributed by atoms with Crippen molar-refractivity contribution in [3.63, 3.8) is 0 Å². The van der Waals surface area contributed by atoms with Crippen molar-refractivity contribution in [1.82, 2.24) is 10.8 Å². The zero-order chi connectivity index (χ0) is 8.81. The Hall–Kier alpha value is -0.870. The second-order valence-corrected chi connectivity index (χ2v) is 2.76. The van der Waals surface area contributed by atoms with Crippen molar-refractivity contribution in [2.75, 3.05) is 13.2 Å². The van der Waals surface area contributed by atoms with Crippen LogP contribution in [0.4, 0.5) is 0 Å². The lowest BCUT2D eigenvalue weighted by Crippen LogP contribution is -2.36. The van der Waals surface area contributed by atoms with Gasteiger partial charge in [0.25, 0.3) is 0 Å². The van der Waals surface area contributed by atoms with Crippen LogP contribution in [0.5, 0.6) is 0 Å². The third-order valence-corrected chi connectivity index (χ3v) is 1.75. The summed E-state index contributed by atoms with van der Waals surface area (Å²) in [6, 6.07) is 0.116. The minimum atomic E-state index is -0.134. The molecule has 4 nitrogen and oxygen atoms in total. The van der Waals surface area contributed by atoms with Gasteiger partial charge in [-0.2, -0.15) is 0 Å². The van der Waals surface area contributed by atoms with Gasteiger partial charge in [-0.3, -0.25) is 9.63 Å². The predicted octanol–water partition coefficient (Wildman–Crippen LogP) is -0.0278. The summed E-state index contributed by atoms with van der Waals surface area (Å²) in [6.07, 6.45) is 3.24. The number of hydrogen-bond acceptors (Lipinski definition) is 3. The van der Waals surface area contributed by atoms with Crippen molar-refractivity contribution in [3.05, 3.63) is 12.7 Å². The van der Waals surface area contributed by atoms with E-state index in [1.807, 2.05) is 0 Å². The molecule has 1 heterocycles. The first-order valence-corrected chi connectivity index (χ1v) is 4.10. The Morgan fingerprint density at radius 1 is 1.75 bits per heavy atom. The zero-order valence-corrected chi connectivity index (χ0v) is 7.01. The fourth-order valence-corrected chi connectivity index (χ4v) is 1.11. The van der Waals surface area contributed by atoms with E-state index >= 15 is 0 Å². The van der Waals surface area contributed by atoms with Crippen LogP contribution in [-0.2, 0) is 9.63 Å². The van der Waals surface area contributed by atoms with Gasteiger partial charge in [0, 0.05) is 6.54 Å². The first-order chi connectivity index (χ1) is 5.83. The first-order valence-electron chi connectivity index (χ1n) is 4.10. The highest BCUT2D eigenvalue weighted by Crippen LogP contribution is 2.00. The van der Waals surface area contributed by atoms with Gasteiger partial charge in [-0.05, 0) is 18.9 Å². The molecule has 0 aromatic carbocycles. The van der Waals surface area contributed by atoms with Gasteiger partial charge in [-0.1, -0.05) is 6.58 Å². The average Bonchev–Trinajstić information content (AvgIpc) is 2.33. The highest BCUT2D eigenvalue weighted by atomic mass is 16.6. The molecule has 12 heavy (non-hydrogen) atoms. The van der Waals surface area contributed by atoms with Crippen molar-refractivity contribution in [3.8, 4) is 0 Å². The summed E-state index contributed by atoms with van der Waals surface area (Å²) in [5.74, 6) is -0.134. The lowest BCUT2D eigenvalue weighted by Gasteiger charge is -2.13. The molecular weight excluding hydrogens is 156 g/mol. The average molecular weight is 170 g/mol. The highest BCUT2D eigenvalue weighted by molar-refractivity contribution is 5.87. The molecule has 1 unspecified atom stereocenters. The number of nitrogens with one attached hydrogen (secondary N) is 2. The zero-order valence-electron chi connectivity index (χ0n) is 7.01. The van der Waals surface area contributed by atoms with Crippen molar-refractivity contribution in [2.24, 2.45) is 0 Å². The van der Waals surface area contributed by atoms with E-state index in [2.05, 4.69) is 17.4 Å². The molecule has 0 radical (unpaired) electrons. The van der Waals surface area contributed by atoms with Gasteiger partial charge in [0.1, 0.15) is 0 Å². The molecule has 0 aromatic heterocycles. The van der Waals surface area contributed by atoms with E-state index < -0.39 is 0 Å². The molecule has 0 spiro atoms. The summed E-state index contributed by atoms with van der Waals surface area (Å²) in [7, 11) is 0. The molecule has 1 saturated heterocycles. The molecule has 0 bridgehead atoms. The molecule has 1 amide bonds. The number of rotatable bonds is 2. The van der Waals surface area contributed by atoms with Crippen LogP contribution in [0.15, 0.2) is 12.7 Å². The van der Waals surface area contributed by atoms with E-state index in [-0.39, 0.29) is 11.9 Å². The fraction of sp³-hybridized carbons (Fsp3) is 0.625. The molecular formula is C8H14N2O2. The Morgan fingerprint density at radius 3 is 3.33 bits per heavy atom. The molecule has 1 rings (SSSR count). The predicted molar refractivity (Wildman–Crippen MR) is 45.3 cm³/mol. The lowest BCUT2D eigenvalue weighted by molar-refractivity contribution is -0.117. The van der Waals surface area contributed by atoms with Crippen LogP contribution in [0.2, 0.25) is 0 Å².